The summed E-state index contributed by atoms with van der Waals surface area (Å²) in [5.74, 6) is -1.10. The van der Waals surface area contributed by atoms with E-state index in [0.29, 0.717) is 0 Å². The lowest BCUT2D eigenvalue weighted by Crippen LogP contribution is -2.46. The number of hydrogen-bond donors (Lipinski definition) is 3. The number of aliphatic carboxylic acids is 1. The van der Waals surface area contributed by atoms with E-state index in [4.69, 9.17) is 5.11 Å². The van der Waals surface area contributed by atoms with Crippen LogP contribution in [0.25, 0.3) is 0 Å². The highest BCUT2D eigenvalue weighted by Gasteiger charge is 2.38. The highest BCUT2D eigenvalue weighted by molar-refractivity contribution is 5.83. The summed E-state index contributed by atoms with van der Waals surface area (Å²) in [6, 6.07) is -1.46. The van der Waals surface area contributed by atoms with Gasteiger partial charge in [0.05, 0.1) is 11.8 Å². The van der Waals surface area contributed by atoms with Crippen LogP contribution in [0.2, 0.25) is 0 Å². The molecule has 1 aromatic heterocycles. The molecule has 1 saturated heterocycles. The number of aromatic nitrogens is 2. The third-order valence-corrected chi connectivity index (χ3v) is 3.90. The summed E-state index contributed by atoms with van der Waals surface area (Å²) in [5.41, 5.74) is 2.69. The molecule has 1 unspecified atom stereocenters. The van der Waals surface area contributed by atoms with Crippen molar-refractivity contribution in [1.29, 1.82) is 0 Å². The van der Waals surface area contributed by atoms with Crippen LogP contribution < -0.4 is 5.32 Å². The number of likely N-dealkylation sites (tertiary alicyclic amines) is 1. The molecule has 0 saturated carbocycles. The second-order valence-electron chi connectivity index (χ2n) is 5.33. The maximum Gasteiger partial charge on any atom is 0.326 e. The van der Waals surface area contributed by atoms with E-state index in [1.807, 2.05) is 20.9 Å². The molecule has 2 heterocycles. The number of aliphatic hydroxyl groups excluding tert-OH is 1. The largest absolute Gasteiger partial charge is 0.480 e. The summed E-state index contributed by atoms with van der Waals surface area (Å²) >= 11 is 0. The maximum atomic E-state index is 12.1. The number of β-amino-alcohol motifs (C(OH)–C–C–N with tert-alkyl or cyclic N) is 1. The SMILES string of the molecule is Cc1nn(C)c(C)c1CNC(=O)N1CC(O)C[C@H]1C(=O)O. The molecule has 1 fully saturated rings. The van der Waals surface area contributed by atoms with Gasteiger partial charge in [-0.3, -0.25) is 4.68 Å². The quantitative estimate of drug-likeness (QED) is 0.714. The minimum Gasteiger partial charge on any atom is -0.480 e. The van der Waals surface area contributed by atoms with Gasteiger partial charge in [-0.25, -0.2) is 9.59 Å². The lowest BCUT2D eigenvalue weighted by molar-refractivity contribution is -0.141. The van der Waals surface area contributed by atoms with Crippen molar-refractivity contribution in [3.63, 3.8) is 0 Å². The van der Waals surface area contributed by atoms with E-state index < -0.39 is 24.1 Å². The molecule has 116 valence electrons. The summed E-state index contributed by atoms with van der Waals surface area (Å²) in [5, 5.41) is 25.6. The average Bonchev–Trinajstić information content (AvgIpc) is 2.90. The maximum absolute atomic E-state index is 12.1. The fourth-order valence-electron chi connectivity index (χ4n) is 2.61. The number of urea groups is 1. The van der Waals surface area contributed by atoms with Gasteiger partial charge in [-0.15, -0.1) is 0 Å². The standard InChI is InChI=1S/C13H20N4O4/c1-7-10(8(2)16(3)15-7)5-14-13(21)17-6-9(18)4-11(17)12(19)20/h9,11,18H,4-6H2,1-3H3,(H,14,21)(H,19,20)/t9?,11-/m0/s1. The number of carboxylic acids is 1. The Labute approximate surface area is 122 Å². The van der Waals surface area contributed by atoms with Crippen molar-refractivity contribution in [2.75, 3.05) is 6.54 Å². The van der Waals surface area contributed by atoms with Crippen molar-refractivity contribution in [2.45, 2.75) is 39.0 Å². The van der Waals surface area contributed by atoms with Crippen LogP contribution >= 0.6 is 0 Å². The highest BCUT2D eigenvalue weighted by atomic mass is 16.4. The van der Waals surface area contributed by atoms with Crippen LogP contribution in [-0.4, -0.2) is 55.6 Å². The molecule has 2 amide bonds. The van der Waals surface area contributed by atoms with Crippen LogP contribution in [-0.2, 0) is 18.4 Å². The number of nitrogens with zero attached hydrogens (tertiary/aromatic N) is 3. The molecule has 1 aromatic rings. The Morgan fingerprint density at radius 1 is 1.43 bits per heavy atom. The van der Waals surface area contributed by atoms with E-state index >= 15 is 0 Å². The average molecular weight is 296 g/mol. The van der Waals surface area contributed by atoms with Gasteiger partial charge in [-0.1, -0.05) is 0 Å². The van der Waals surface area contributed by atoms with Gasteiger partial charge in [-0.05, 0) is 13.8 Å². The van der Waals surface area contributed by atoms with E-state index in [9.17, 15) is 14.7 Å². The number of carbonyl (C=O) groups excluding carboxylic acids is 1. The minimum absolute atomic E-state index is 0.0355. The van der Waals surface area contributed by atoms with Crippen molar-refractivity contribution in [1.82, 2.24) is 20.0 Å². The molecule has 0 bridgehead atoms. The van der Waals surface area contributed by atoms with Gasteiger partial charge < -0.3 is 20.4 Å². The molecular weight excluding hydrogens is 276 g/mol. The zero-order valence-electron chi connectivity index (χ0n) is 12.3. The number of rotatable bonds is 3. The lowest BCUT2D eigenvalue weighted by atomic mass is 10.2. The minimum atomic E-state index is -1.10. The first kappa shape index (κ1) is 15.3. The Kier molecular flexibility index (Phi) is 4.17. The zero-order chi connectivity index (χ0) is 15.7. The van der Waals surface area contributed by atoms with E-state index in [2.05, 4.69) is 10.4 Å². The van der Waals surface area contributed by atoms with E-state index in [1.54, 1.807) is 4.68 Å². The predicted octanol–water partition coefficient (Wildman–Crippen LogP) is -0.234. The summed E-state index contributed by atoms with van der Waals surface area (Å²) in [4.78, 5) is 24.4. The second-order valence-corrected chi connectivity index (χ2v) is 5.33. The molecule has 0 aromatic carbocycles. The summed E-state index contributed by atoms with van der Waals surface area (Å²) < 4.78 is 1.73. The number of aryl methyl sites for hydroxylation is 2. The first-order valence-corrected chi connectivity index (χ1v) is 6.75. The van der Waals surface area contributed by atoms with Crippen LogP contribution in [0.3, 0.4) is 0 Å². The monoisotopic (exact) mass is 296 g/mol. The molecule has 1 aliphatic heterocycles. The molecule has 8 nitrogen and oxygen atoms in total. The summed E-state index contributed by atoms with van der Waals surface area (Å²) in [6.45, 7) is 4.08. The number of carbonyl (C=O) groups is 2. The highest BCUT2D eigenvalue weighted by Crippen LogP contribution is 2.18. The molecule has 0 radical (unpaired) electrons. The second kappa shape index (κ2) is 5.72. The smallest absolute Gasteiger partial charge is 0.326 e. The van der Waals surface area contributed by atoms with E-state index in [0.717, 1.165) is 21.9 Å². The van der Waals surface area contributed by atoms with Crippen LogP contribution in [0.5, 0.6) is 0 Å². The van der Waals surface area contributed by atoms with Crippen molar-refractivity contribution in [2.24, 2.45) is 7.05 Å². The number of hydrogen-bond acceptors (Lipinski definition) is 4. The van der Waals surface area contributed by atoms with Gasteiger partial charge in [0, 0.05) is 37.8 Å². The van der Waals surface area contributed by atoms with E-state index in [-0.39, 0.29) is 19.5 Å². The van der Waals surface area contributed by atoms with Gasteiger partial charge in [0.2, 0.25) is 0 Å². The Bertz CT molecular complexity index is 569. The van der Waals surface area contributed by atoms with Crippen molar-refractivity contribution in [3.05, 3.63) is 17.0 Å². The fraction of sp³-hybridized carbons (Fsp3) is 0.615. The molecule has 0 aliphatic carbocycles. The van der Waals surface area contributed by atoms with Crippen LogP contribution in [0.15, 0.2) is 0 Å². The first-order valence-electron chi connectivity index (χ1n) is 6.75. The van der Waals surface area contributed by atoms with Gasteiger partial charge >= 0.3 is 12.0 Å². The molecule has 2 rings (SSSR count). The Morgan fingerprint density at radius 3 is 2.62 bits per heavy atom. The lowest BCUT2D eigenvalue weighted by Gasteiger charge is -2.21. The van der Waals surface area contributed by atoms with Crippen LogP contribution in [0.1, 0.15) is 23.4 Å². The van der Waals surface area contributed by atoms with Gasteiger partial charge in [0.25, 0.3) is 0 Å². The molecule has 2 atom stereocenters. The van der Waals surface area contributed by atoms with Crippen molar-refractivity contribution < 1.29 is 19.8 Å². The number of nitrogens with one attached hydrogen (secondary N) is 1. The summed E-state index contributed by atoms with van der Waals surface area (Å²) in [6.07, 6.45) is -0.730. The molecule has 3 N–H and O–H groups in total. The Balaban J connectivity index is 2.03. The van der Waals surface area contributed by atoms with E-state index in [1.165, 1.54) is 0 Å². The van der Waals surface area contributed by atoms with Crippen LogP contribution in [0, 0.1) is 13.8 Å². The third-order valence-electron chi connectivity index (χ3n) is 3.90. The number of carboxylic acid groups (broad SMARTS) is 1. The number of aliphatic hydroxyl groups is 1. The van der Waals surface area contributed by atoms with Crippen molar-refractivity contribution >= 4 is 12.0 Å². The third kappa shape index (κ3) is 2.99. The van der Waals surface area contributed by atoms with Crippen LogP contribution in [0.4, 0.5) is 4.79 Å². The molecule has 8 heteroatoms. The Hall–Kier alpha value is -2.09. The van der Waals surface area contributed by atoms with Gasteiger partial charge in [0.1, 0.15) is 6.04 Å². The summed E-state index contributed by atoms with van der Waals surface area (Å²) in [7, 11) is 1.82. The normalized spacial score (nSPS) is 21.6. The molecule has 0 spiro atoms. The van der Waals surface area contributed by atoms with Crippen molar-refractivity contribution in [3.8, 4) is 0 Å². The first-order chi connectivity index (χ1) is 9.81. The molecular formula is C13H20N4O4. The fourth-order valence-corrected chi connectivity index (χ4v) is 2.61. The van der Waals surface area contributed by atoms with Gasteiger partial charge in [0.15, 0.2) is 0 Å². The molecule has 21 heavy (non-hydrogen) atoms. The Morgan fingerprint density at radius 2 is 2.10 bits per heavy atom. The predicted molar refractivity (Wildman–Crippen MR) is 73.7 cm³/mol. The topological polar surface area (TPSA) is 108 Å². The van der Waals surface area contributed by atoms with Gasteiger partial charge in [-0.2, -0.15) is 5.10 Å². The zero-order valence-corrected chi connectivity index (χ0v) is 12.3. The number of amides is 2. The molecule has 1 aliphatic rings.